The molecule has 2 rings (SSSR count). The Balaban J connectivity index is 2.17. The van der Waals surface area contributed by atoms with Crippen LogP contribution >= 0.6 is 0 Å². The summed E-state index contributed by atoms with van der Waals surface area (Å²) in [6.45, 7) is 1.76. The number of nitrogens with zero attached hydrogens (tertiary/aromatic N) is 1. The molecule has 1 aromatic heterocycles. The van der Waals surface area contributed by atoms with Gasteiger partial charge in [-0.1, -0.05) is 17.3 Å². The summed E-state index contributed by atoms with van der Waals surface area (Å²) in [7, 11) is 0. The Labute approximate surface area is 109 Å². The molecule has 1 heterocycles. The van der Waals surface area contributed by atoms with Crippen LogP contribution in [-0.2, 0) is 0 Å². The van der Waals surface area contributed by atoms with E-state index in [1.54, 1.807) is 37.3 Å². The number of hydrogen-bond donors (Lipinski definition) is 3. The van der Waals surface area contributed by atoms with E-state index in [2.05, 4.69) is 10.5 Å². The summed E-state index contributed by atoms with van der Waals surface area (Å²) in [4.78, 5) is 11.9. The molecule has 0 fully saturated rings. The van der Waals surface area contributed by atoms with Crippen molar-refractivity contribution in [1.29, 1.82) is 0 Å². The SMILES string of the molecule is Cc1cc(C(=O)Nc2cccc(/C(N)=N/O)c2)co1. The first-order chi connectivity index (χ1) is 9.10. The molecule has 6 heteroatoms. The average molecular weight is 259 g/mol. The van der Waals surface area contributed by atoms with Crippen molar-refractivity contribution in [3.05, 3.63) is 53.5 Å². The smallest absolute Gasteiger partial charge is 0.258 e. The van der Waals surface area contributed by atoms with Crippen molar-refractivity contribution in [3.63, 3.8) is 0 Å². The number of benzene rings is 1. The van der Waals surface area contributed by atoms with Gasteiger partial charge in [0.05, 0.1) is 5.56 Å². The molecular weight excluding hydrogens is 246 g/mol. The predicted molar refractivity (Wildman–Crippen MR) is 70.4 cm³/mol. The van der Waals surface area contributed by atoms with E-state index in [1.165, 1.54) is 6.26 Å². The third-order valence-electron chi connectivity index (χ3n) is 2.52. The lowest BCUT2D eigenvalue weighted by Gasteiger charge is -2.05. The van der Waals surface area contributed by atoms with Crippen LogP contribution in [0.1, 0.15) is 21.7 Å². The van der Waals surface area contributed by atoms with E-state index in [0.29, 0.717) is 22.6 Å². The zero-order valence-electron chi connectivity index (χ0n) is 10.3. The molecular formula is C13H13N3O3. The number of carbonyl (C=O) groups excluding carboxylic acids is 1. The van der Waals surface area contributed by atoms with E-state index >= 15 is 0 Å². The summed E-state index contributed by atoms with van der Waals surface area (Å²) in [5.41, 5.74) is 6.98. The van der Waals surface area contributed by atoms with Gasteiger partial charge in [0.1, 0.15) is 12.0 Å². The Morgan fingerprint density at radius 1 is 1.37 bits per heavy atom. The number of anilines is 1. The van der Waals surface area contributed by atoms with Gasteiger partial charge < -0.3 is 20.7 Å². The third kappa shape index (κ3) is 2.92. The Morgan fingerprint density at radius 3 is 2.79 bits per heavy atom. The van der Waals surface area contributed by atoms with Gasteiger partial charge >= 0.3 is 0 Å². The van der Waals surface area contributed by atoms with E-state index in [9.17, 15) is 4.79 Å². The summed E-state index contributed by atoms with van der Waals surface area (Å²) in [5.74, 6) is 0.360. The minimum atomic E-state index is -0.284. The number of carbonyl (C=O) groups is 1. The fourth-order valence-electron chi connectivity index (χ4n) is 1.58. The fourth-order valence-corrected chi connectivity index (χ4v) is 1.58. The summed E-state index contributed by atoms with van der Waals surface area (Å²) in [6, 6.07) is 8.33. The van der Waals surface area contributed by atoms with Crippen LogP contribution in [0.15, 0.2) is 46.2 Å². The minimum Gasteiger partial charge on any atom is -0.469 e. The standard InChI is InChI=1S/C13H13N3O3/c1-8-5-10(7-19-8)13(17)15-11-4-2-3-9(6-11)12(14)16-18/h2-7,18H,1H3,(H2,14,16)(H,15,17). The molecule has 0 aliphatic carbocycles. The molecule has 0 atom stereocenters. The second-order valence-corrected chi connectivity index (χ2v) is 3.97. The van der Waals surface area contributed by atoms with E-state index in [-0.39, 0.29) is 11.7 Å². The molecule has 0 spiro atoms. The maximum Gasteiger partial charge on any atom is 0.258 e. The number of nitrogens with two attached hydrogens (primary N) is 1. The van der Waals surface area contributed by atoms with Crippen molar-refractivity contribution < 1.29 is 14.4 Å². The number of oxime groups is 1. The van der Waals surface area contributed by atoms with Gasteiger partial charge in [-0.25, -0.2) is 0 Å². The first-order valence-corrected chi connectivity index (χ1v) is 5.54. The first-order valence-electron chi connectivity index (χ1n) is 5.54. The maximum absolute atomic E-state index is 11.9. The largest absolute Gasteiger partial charge is 0.469 e. The van der Waals surface area contributed by atoms with Gasteiger partial charge in [-0.05, 0) is 25.1 Å². The molecule has 1 aromatic carbocycles. The van der Waals surface area contributed by atoms with Crippen LogP contribution in [0.25, 0.3) is 0 Å². The topological polar surface area (TPSA) is 101 Å². The quantitative estimate of drug-likeness (QED) is 0.339. The van der Waals surface area contributed by atoms with Gasteiger partial charge in [0, 0.05) is 11.3 Å². The van der Waals surface area contributed by atoms with Gasteiger partial charge in [0.15, 0.2) is 5.84 Å². The van der Waals surface area contributed by atoms with Gasteiger partial charge in [0.25, 0.3) is 5.91 Å². The highest BCUT2D eigenvalue weighted by Gasteiger charge is 2.09. The number of furan rings is 1. The maximum atomic E-state index is 11.9. The summed E-state index contributed by atoms with van der Waals surface area (Å²) in [6.07, 6.45) is 1.39. The van der Waals surface area contributed by atoms with Crippen molar-refractivity contribution in [2.45, 2.75) is 6.92 Å². The zero-order chi connectivity index (χ0) is 13.8. The van der Waals surface area contributed by atoms with Crippen molar-refractivity contribution in [1.82, 2.24) is 0 Å². The molecule has 98 valence electrons. The lowest BCUT2D eigenvalue weighted by molar-refractivity contribution is 0.102. The fraction of sp³-hybridized carbons (Fsp3) is 0.0769. The predicted octanol–water partition coefficient (Wildman–Crippen LogP) is 1.93. The molecule has 0 bridgehead atoms. The molecule has 0 saturated heterocycles. The van der Waals surface area contributed by atoms with Crippen LogP contribution in [0, 0.1) is 6.92 Å². The van der Waals surface area contributed by atoms with Gasteiger partial charge in [-0.15, -0.1) is 0 Å². The number of amides is 1. The van der Waals surface area contributed by atoms with Crippen LogP contribution in [0.3, 0.4) is 0 Å². The Hall–Kier alpha value is -2.76. The van der Waals surface area contributed by atoms with Gasteiger partial charge in [0.2, 0.25) is 0 Å². The van der Waals surface area contributed by atoms with Crippen LogP contribution < -0.4 is 11.1 Å². The normalized spacial score (nSPS) is 11.3. The van der Waals surface area contributed by atoms with Crippen LogP contribution in [0.4, 0.5) is 5.69 Å². The van der Waals surface area contributed by atoms with Gasteiger partial charge in [-0.3, -0.25) is 4.79 Å². The lowest BCUT2D eigenvalue weighted by Crippen LogP contribution is -2.15. The molecule has 0 aliphatic heterocycles. The van der Waals surface area contributed by atoms with Crippen LogP contribution in [-0.4, -0.2) is 17.0 Å². The van der Waals surface area contributed by atoms with Crippen molar-refractivity contribution in [3.8, 4) is 0 Å². The second-order valence-electron chi connectivity index (χ2n) is 3.97. The van der Waals surface area contributed by atoms with Crippen molar-refractivity contribution in [2.24, 2.45) is 10.9 Å². The van der Waals surface area contributed by atoms with Crippen molar-refractivity contribution in [2.75, 3.05) is 5.32 Å². The molecule has 0 unspecified atom stereocenters. The van der Waals surface area contributed by atoms with Crippen molar-refractivity contribution >= 4 is 17.4 Å². The molecule has 1 amide bonds. The Morgan fingerprint density at radius 2 is 2.16 bits per heavy atom. The van der Waals surface area contributed by atoms with E-state index in [4.69, 9.17) is 15.4 Å². The molecule has 2 aromatic rings. The number of nitrogens with one attached hydrogen (secondary N) is 1. The Kier molecular flexibility index (Phi) is 3.51. The number of amidine groups is 1. The molecule has 4 N–H and O–H groups in total. The van der Waals surface area contributed by atoms with E-state index in [0.717, 1.165) is 0 Å². The minimum absolute atomic E-state index is 0.0183. The number of hydrogen-bond acceptors (Lipinski definition) is 4. The first kappa shape index (κ1) is 12.7. The summed E-state index contributed by atoms with van der Waals surface area (Å²) >= 11 is 0. The molecule has 0 radical (unpaired) electrons. The molecule has 0 aliphatic rings. The van der Waals surface area contributed by atoms with Gasteiger partial charge in [-0.2, -0.15) is 0 Å². The molecule has 6 nitrogen and oxygen atoms in total. The summed E-state index contributed by atoms with van der Waals surface area (Å²) < 4.78 is 5.07. The average Bonchev–Trinajstić information content (AvgIpc) is 2.85. The zero-order valence-corrected chi connectivity index (χ0v) is 10.3. The van der Waals surface area contributed by atoms with Crippen LogP contribution in [0.5, 0.6) is 0 Å². The van der Waals surface area contributed by atoms with Crippen LogP contribution in [0.2, 0.25) is 0 Å². The van der Waals surface area contributed by atoms with E-state index in [1.807, 2.05) is 0 Å². The summed E-state index contributed by atoms with van der Waals surface area (Å²) in [5, 5.41) is 14.2. The lowest BCUT2D eigenvalue weighted by atomic mass is 10.2. The Bertz CT molecular complexity index is 632. The molecule has 19 heavy (non-hydrogen) atoms. The second kappa shape index (κ2) is 5.26. The number of aryl methyl sites for hydroxylation is 1. The highest BCUT2D eigenvalue weighted by Crippen LogP contribution is 2.13. The highest BCUT2D eigenvalue weighted by atomic mass is 16.4. The molecule has 0 saturated carbocycles. The monoisotopic (exact) mass is 259 g/mol. The number of rotatable bonds is 3. The van der Waals surface area contributed by atoms with E-state index < -0.39 is 0 Å². The highest BCUT2D eigenvalue weighted by molar-refractivity contribution is 6.05. The third-order valence-corrected chi connectivity index (χ3v) is 2.52.